The molecule has 0 amide bonds. The van der Waals surface area contributed by atoms with Crippen LogP contribution in [0.4, 0.5) is 4.79 Å². The molecule has 9 heteroatoms. The van der Waals surface area contributed by atoms with Gasteiger partial charge in [0.25, 0.3) is 0 Å². The molecule has 0 heterocycles. The van der Waals surface area contributed by atoms with E-state index in [0.717, 1.165) is 13.1 Å². The molecule has 0 aliphatic carbocycles. The largest absolute Gasteiger partial charge is 0.547 e. The van der Waals surface area contributed by atoms with E-state index in [-0.39, 0.29) is 0 Å². The Balaban J connectivity index is 3.12. The zero-order valence-electron chi connectivity index (χ0n) is 10.5. The number of carbonyl (C=O) groups is 1. The van der Waals surface area contributed by atoms with Gasteiger partial charge in [0.2, 0.25) is 0 Å². The van der Waals surface area contributed by atoms with E-state index in [1.165, 1.54) is 0 Å². The van der Waals surface area contributed by atoms with Crippen molar-refractivity contribution in [1.29, 1.82) is 0 Å². The van der Waals surface area contributed by atoms with E-state index in [2.05, 4.69) is 31.3 Å². The van der Waals surface area contributed by atoms with Crippen molar-refractivity contribution < 1.29 is 14.5 Å². The molecule has 0 unspecified atom stereocenters. The van der Waals surface area contributed by atoms with Crippen molar-refractivity contribution in [3.63, 3.8) is 0 Å². The summed E-state index contributed by atoms with van der Waals surface area (Å²) in [6, 6.07) is 0. The fourth-order valence-electron chi connectivity index (χ4n) is 0.974. The highest BCUT2D eigenvalue weighted by Gasteiger charge is 2.02. The molecule has 0 aromatic heterocycles. The van der Waals surface area contributed by atoms with Gasteiger partial charge < -0.3 is 31.8 Å². The predicted molar refractivity (Wildman–Crippen MR) is 67.4 cm³/mol. The second-order valence-electron chi connectivity index (χ2n) is 3.32. The second kappa shape index (κ2) is 14.1. The Morgan fingerprint density at radius 1 is 0.778 bits per heavy atom. The van der Waals surface area contributed by atoms with Gasteiger partial charge in [0.15, 0.2) is 0 Å². The summed E-state index contributed by atoms with van der Waals surface area (Å²) in [6.45, 7) is 4.87. The molecule has 18 heavy (non-hydrogen) atoms. The third-order valence-electron chi connectivity index (χ3n) is 1.76. The summed E-state index contributed by atoms with van der Waals surface area (Å²) in [5.74, 6) is 0. The number of nitrogens with one attached hydrogen (secondary N) is 4. The van der Waals surface area contributed by atoms with Gasteiger partial charge in [-0.15, -0.1) is 11.0 Å². The van der Waals surface area contributed by atoms with Crippen LogP contribution >= 0.6 is 0 Å². The van der Waals surface area contributed by atoms with Crippen LogP contribution in [0.1, 0.15) is 0 Å². The number of nitrogens with two attached hydrogens (primary N) is 2. The summed E-state index contributed by atoms with van der Waals surface area (Å²) in [5.41, 5.74) is 15.5. The zero-order valence-corrected chi connectivity index (χ0v) is 10.5. The highest BCUT2D eigenvalue weighted by Crippen LogP contribution is 1.76. The third kappa shape index (κ3) is 13.1. The van der Waals surface area contributed by atoms with Gasteiger partial charge in [0.1, 0.15) is 0 Å². The molecular formula is C9H24N6O3. The van der Waals surface area contributed by atoms with Crippen LogP contribution in [0.3, 0.4) is 0 Å². The smallest absolute Gasteiger partial charge is 0.337 e. The molecule has 0 spiro atoms. The molecule has 0 aliphatic heterocycles. The first kappa shape index (κ1) is 17.0. The average molecular weight is 264 g/mol. The quantitative estimate of drug-likeness (QED) is 0.164. The van der Waals surface area contributed by atoms with Crippen LogP contribution in [0, 0.1) is 0 Å². The molecule has 0 radical (unpaired) electrons. The van der Waals surface area contributed by atoms with E-state index in [9.17, 15) is 4.79 Å². The molecule has 0 aliphatic rings. The Kier molecular flexibility index (Phi) is 13.3. The van der Waals surface area contributed by atoms with Crippen LogP contribution in [-0.4, -0.2) is 58.5 Å². The van der Waals surface area contributed by atoms with E-state index in [0.29, 0.717) is 39.3 Å². The minimum absolute atomic E-state index is 0.479. The fourth-order valence-corrected chi connectivity index (χ4v) is 0.974. The van der Waals surface area contributed by atoms with E-state index in [1.807, 2.05) is 0 Å². The Morgan fingerprint density at radius 3 is 1.61 bits per heavy atom. The molecule has 0 atom stereocenters. The normalized spacial score (nSPS) is 10.3. The summed E-state index contributed by atoms with van der Waals surface area (Å²) >= 11 is 0. The number of hydroxylamine groups is 2. The highest BCUT2D eigenvalue weighted by atomic mass is 16.9. The lowest BCUT2D eigenvalue weighted by molar-refractivity contribution is -0.0128. The maximum absolute atomic E-state index is 11.0. The fraction of sp³-hybridized carbons (Fsp3) is 0.889. The van der Waals surface area contributed by atoms with Gasteiger partial charge in [-0.1, -0.05) is 0 Å². The van der Waals surface area contributed by atoms with Crippen LogP contribution in [0.25, 0.3) is 0 Å². The number of carbonyl (C=O) groups excluding carboxylic acids is 1. The molecular weight excluding hydrogens is 240 g/mol. The zero-order chi connectivity index (χ0) is 13.5. The van der Waals surface area contributed by atoms with Crippen LogP contribution in [0.2, 0.25) is 0 Å². The van der Waals surface area contributed by atoms with E-state index in [4.69, 9.17) is 11.5 Å². The summed E-state index contributed by atoms with van der Waals surface area (Å²) in [5, 5.41) is 6.05. The average Bonchev–Trinajstić information content (AvgIpc) is 2.38. The first-order valence-electron chi connectivity index (χ1n) is 5.96. The minimum atomic E-state index is -0.826. The summed E-state index contributed by atoms with van der Waals surface area (Å²) in [4.78, 5) is 20.1. The molecule has 9 nitrogen and oxygen atoms in total. The van der Waals surface area contributed by atoms with Crippen molar-refractivity contribution in [3.8, 4) is 0 Å². The molecule has 108 valence electrons. The maximum Gasteiger partial charge on any atom is 0.547 e. The van der Waals surface area contributed by atoms with Crippen molar-refractivity contribution in [2.45, 2.75) is 0 Å². The first-order valence-corrected chi connectivity index (χ1v) is 5.96. The van der Waals surface area contributed by atoms with Gasteiger partial charge in [-0.05, 0) is 0 Å². The van der Waals surface area contributed by atoms with Gasteiger partial charge in [-0.2, -0.15) is 4.79 Å². The predicted octanol–water partition coefficient (Wildman–Crippen LogP) is -2.75. The number of hydrogen-bond acceptors (Lipinski definition) is 9. The lowest BCUT2D eigenvalue weighted by atomic mass is 10.6. The molecule has 0 saturated heterocycles. The molecule has 0 saturated carbocycles. The van der Waals surface area contributed by atoms with Gasteiger partial charge in [0, 0.05) is 52.4 Å². The number of hydrogen-bond donors (Lipinski definition) is 6. The molecule has 0 aromatic carbocycles. The van der Waals surface area contributed by atoms with Crippen LogP contribution in [0.5, 0.6) is 0 Å². The first-order chi connectivity index (χ1) is 8.81. The summed E-state index contributed by atoms with van der Waals surface area (Å²) in [7, 11) is 0. The Hall–Kier alpha value is -0.970. The van der Waals surface area contributed by atoms with Crippen LogP contribution in [-0.2, 0) is 9.68 Å². The minimum Gasteiger partial charge on any atom is -0.337 e. The molecule has 0 fully saturated rings. The van der Waals surface area contributed by atoms with Gasteiger partial charge >= 0.3 is 6.16 Å². The monoisotopic (exact) mass is 264 g/mol. The summed E-state index contributed by atoms with van der Waals surface area (Å²) in [6.07, 6.45) is -0.826. The van der Waals surface area contributed by atoms with Crippen molar-refractivity contribution >= 4 is 6.16 Å². The van der Waals surface area contributed by atoms with E-state index in [1.54, 1.807) is 0 Å². The Bertz CT molecular complexity index is 177. The van der Waals surface area contributed by atoms with Gasteiger partial charge in [-0.3, -0.25) is 0 Å². The topological polar surface area (TPSA) is 136 Å². The molecule has 0 aromatic rings. The molecule has 0 rings (SSSR count). The van der Waals surface area contributed by atoms with Crippen molar-refractivity contribution in [2.75, 3.05) is 52.4 Å². The number of rotatable bonds is 12. The summed E-state index contributed by atoms with van der Waals surface area (Å²) < 4.78 is 0. The maximum atomic E-state index is 11.0. The van der Waals surface area contributed by atoms with Crippen molar-refractivity contribution in [2.24, 2.45) is 11.5 Å². The molecule has 0 bridgehead atoms. The SMILES string of the molecule is NCCNCCNOC(=O)ONCCNCCN. The highest BCUT2D eigenvalue weighted by molar-refractivity contribution is 5.58. The van der Waals surface area contributed by atoms with Gasteiger partial charge in [-0.25, -0.2) is 0 Å². The Morgan fingerprint density at radius 2 is 1.22 bits per heavy atom. The second-order valence-corrected chi connectivity index (χ2v) is 3.32. The Labute approximate surface area is 107 Å². The lowest BCUT2D eigenvalue weighted by Crippen LogP contribution is -2.35. The lowest BCUT2D eigenvalue weighted by Gasteiger charge is -2.07. The standard InChI is InChI=1S/C9H24N6O3/c10-1-3-12-5-7-14-17-9(16)18-15-8-6-13-4-2-11/h12-15H,1-8,10-11H2. The molecule has 8 N–H and O–H groups in total. The van der Waals surface area contributed by atoms with Crippen molar-refractivity contribution in [1.82, 2.24) is 21.6 Å². The third-order valence-corrected chi connectivity index (χ3v) is 1.76. The van der Waals surface area contributed by atoms with Crippen molar-refractivity contribution in [3.05, 3.63) is 0 Å². The van der Waals surface area contributed by atoms with Crippen LogP contribution < -0.4 is 33.1 Å². The van der Waals surface area contributed by atoms with E-state index < -0.39 is 6.16 Å². The van der Waals surface area contributed by atoms with E-state index >= 15 is 0 Å². The van der Waals surface area contributed by atoms with Crippen LogP contribution in [0.15, 0.2) is 0 Å². The van der Waals surface area contributed by atoms with Gasteiger partial charge in [0.05, 0.1) is 0 Å².